The van der Waals surface area contributed by atoms with Crippen LogP contribution in [0.1, 0.15) is 28.4 Å². The summed E-state index contributed by atoms with van der Waals surface area (Å²) in [5, 5.41) is 7.92. The van der Waals surface area contributed by atoms with Crippen molar-refractivity contribution in [3.8, 4) is 51.2 Å². The Morgan fingerprint density at radius 1 is 0.773 bits per heavy atom. The summed E-state index contributed by atoms with van der Waals surface area (Å²) >= 11 is 0. The zero-order valence-corrected chi connectivity index (χ0v) is 25.4. The topological polar surface area (TPSA) is 101 Å². The Hall–Kier alpha value is -5.57. The number of hydrogen-bond donors (Lipinski definition) is 1. The van der Waals surface area contributed by atoms with Crippen LogP contribution in [-0.2, 0) is 4.79 Å². The van der Waals surface area contributed by atoms with E-state index in [1.807, 2.05) is 68.4 Å². The molecule has 0 fully saturated rings. The van der Waals surface area contributed by atoms with Crippen LogP contribution in [0.2, 0.25) is 0 Å². The first-order chi connectivity index (χ1) is 21.2. The molecule has 9 heteroatoms. The second-order valence-electron chi connectivity index (χ2n) is 10.1. The number of methoxy groups -OCH3 is 3. The molecule has 0 bridgehead atoms. The van der Waals surface area contributed by atoms with Crippen LogP contribution in [-0.4, -0.2) is 43.0 Å². The summed E-state index contributed by atoms with van der Waals surface area (Å²) in [5.41, 5.74) is 6.23. The normalized spacial score (nSPS) is 10.7. The molecule has 9 nitrogen and oxygen atoms in total. The third-order valence-electron chi connectivity index (χ3n) is 7.09. The van der Waals surface area contributed by atoms with E-state index in [1.54, 1.807) is 49.2 Å². The van der Waals surface area contributed by atoms with E-state index in [2.05, 4.69) is 5.32 Å². The Kier molecular flexibility index (Phi) is 8.66. The first-order valence-electron chi connectivity index (χ1n) is 13.9. The lowest BCUT2D eigenvalue weighted by Gasteiger charge is -2.14. The van der Waals surface area contributed by atoms with Gasteiger partial charge in [-0.25, -0.2) is 0 Å². The zero-order chi connectivity index (χ0) is 31.4. The van der Waals surface area contributed by atoms with E-state index < -0.39 is 5.97 Å². The van der Waals surface area contributed by atoms with Crippen LogP contribution in [0, 0.1) is 13.8 Å². The van der Waals surface area contributed by atoms with Gasteiger partial charge in [-0.3, -0.25) is 9.59 Å². The molecule has 1 amide bonds. The van der Waals surface area contributed by atoms with Gasteiger partial charge in [0, 0.05) is 23.7 Å². The van der Waals surface area contributed by atoms with Crippen LogP contribution in [0.15, 0.2) is 84.9 Å². The quantitative estimate of drug-likeness (QED) is 0.184. The van der Waals surface area contributed by atoms with Crippen LogP contribution < -0.4 is 24.3 Å². The van der Waals surface area contributed by atoms with E-state index in [1.165, 1.54) is 14.0 Å². The maximum Gasteiger partial charge on any atom is 0.309 e. The highest BCUT2D eigenvalue weighted by molar-refractivity contribution is 6.05. The Labute approximate surface area is 256 Å². The third-order valence-corrected chi connectivity index (χ3v) is 7.09. The number of anilines is 1. The maximum atomic E-state index is 12.9. The van der Waals surface area contributed by atoms with Gasteiger partial charge in [-0.1, -0.05) is 42.5 Å². The van der Waals surface area contributed by atoms with Crippen molar-refractivity contribution in [1.29, 1.82) is 0 Å². The first-order valence-corrected chi connectivity index (χ1v) is 13.9. The van der Waals surface area contributed by atoms with E-state index in [0.717, 1.165) is 11.1 Å². The highest BCUT2D eigenvalue weighted by atomic mass is 16.5. The fourth-order valence-electron chi connectivity index (χ4n) is 4.99. The number of amides is 1. The molecule has 224 valence electrons. The molecular weight excluding hydrogens is 558 g/mol. The highest BCUT2D eigenvalue weighted by Crippen LogP contribution is 2.46. The number of carbonyl (C=O) groups excluding carboxylic acids is 2. The number of esters is 1. The van der Waals surface area contributed by atoms with Gasteiger partial charge in [-0.2, -0.15) is 9.78 Å². The molecule has 4 aromatic carbocycles. The molecule has 0 unspecified atom stereocenters. The molecule has 5 aromatic rings. The molecule has 1 heterocycles. The number of hydrogen-bond acceptors (Lipinski definition) is 7. The standard InChI is InChI=1S/C35H33N3O6/c1-21-10-9-12-27(18-21)38-35(44-23(3)39)31(32(37-38)25-19-29(41-4)33(43-6)30(20-25)42-5)24-14-16-26(17-15-24)36-34(40)28-13-8-7-11-22(28)2/h7-20H,1-6H3,(H,36,40). The summed E-state index contributed by atoms with van der Waals surface area (Å²) in [6, 6.07) is 26.0. The summed E-state index contributed by atoms with van der Waals surface area (Å²) in [7, 11) is 4.62. The van der Waals surface area contributed by atoms with Crippen molar-refractivity contribution in [1.82, 2.24) is 9.78 Å². The molecular formula is C35H33N3O6. The largest absolute Gasteiger partial charge is 0.493 e. The first kappa shape index (κ1) is 29.9. The van der Waals surface area contributed by atoms with Gasteiger partial charge in [-0.15, -0.1) is 0 Å². The number of benzene rings is 4. The van der Waals surface area contributed by atoms with Crippen LogP contribution in [0.25, 0.3) is 28.1 Å². The minimum absolute atomic E-state index is 0.207. The number of ether oxygens (including phenoxy) is 4. The average Bonchev–Trinajstić information content (AvgIpc) is 3.39. The number of carbonyl (C=O) groups is 2. The van der Waals surface area contributed by atoms with Crippen LogP contribution in [0.4, 0.5) is 5.69 Å². The van der Waals surface area contributed by atoms with E-state index in [9.17, 15) is 9.59 Å². The minimum Gasteiger partial charge on any atom is -0.493 e. The molecule has 1 N–H and O–H groups in total. The zero-order valence-electron chi connectivity index (χ0n) is 25.4. The highest BCUT2D eigenvalue weighted by Gasteiger charge is 2.27. The lowest BCUT2D eigenvalue weighted by atomic mass is 10.00. The number of rotatable bonds is 9. The molecule has 0 aliphatic rings. The van der Waals surface area contributed by atoms with Crippen molar-refractivity contribution < 1.29 is 28.5 Å². The monoisotopic (exact) mass is 591 g/mol. The van der Waals surface area contributed by atoms with Gasteiger partial charge < -0.3 is 24.3 Å². The van der Waals surface area contributed by atoms with E-state index >= 15 is 0 Å². The molecule has 1 aromatic heterocycles. The number of nitrogens with one attached hydrogen (secondary N) is 1. The molecule has 0 saturated heterocycles. The molecule has 0 saturated carbocycles. The molecule has 44 heavy (non-hydrogen) atoms. The van der Waals surface area contributed by atoms with Gasteiger partial charge in [0.2, 0.25) is 11.6 Å². The second kappa shape index (κ2) is 12.7. The van der Waals surface area contributed by atoms with E-state index in [0.29, 0.717) is 56.6 Å². The number of aromatic nitrogens is 2. The van der Waals surface area contributed by atoms with Gasteiger partial charge in [0.15, 0.2) is 11.5 Å². The van der Waals surface area contributed by atoms with Crippen LogP contribution in [0.3, 0.4) is 0 Å². The lowest BCUT2D eigenvalue weighted by molar-refractivity contribution is -0.132. The van der Waals surface area contributed by atoms with Gasteiger partial charge >= 0.3 is 5.97 Å². The predicted octanol–water partition coefficient (Wildman–Crippen LogP) is 7.03. The Balaban J connectivity index is 1.69. The molecule has 0 radical (unpaired) electrons. The Morgan fingerprint density at radius 3 is 2.05 bits per heavy atom. The van der Waals surface area contributed by atoms with Crippen LogP contribution >= 0.6 is 0 Å². The van der Waals surface area contributed by atoms with Gasteiger partial charge in [-0.05, 0) is 73.0 Å². The molecule has 0 atom stereocenters. The average molecular weight is 592 g/mol. The Morgan fingerprint density at radius 2 is 1.45 bits per heavy atom. The van der Waals surface area contributed by atoms with Crippen molar-refractivity contribution in [2.45, 2.75) is 20.8 Å². The fraction of sp³-hybridized carbons (Fsp3) is 0.171. The smallest absolute Gasteiger partial charge is 0.309 e. The third kappa shape index (κ3) is 5.98. The second-order valence-corrected chi connectivity index (χ2v) is 10.1. The van der Waals surface area contributed by atoms with Crippen LogP contribution in [0.5, 0.6) is 23.1 Å². The van der Waals surface area contributed by atoms with Crippen molar-refractivity contribution in [3.05, 3.63) is 102 Å². The summed E-state index contributed by atoms with van der Waals surface area (Å²) < 4.78 is 24.2. The van der Waals surface area contributed by atoms with Crippen molar-refractivity contribution >= 4 is 17.6 Å². The van der Waals surface area contributed by atoms with Gasteiger partial charge in [0.1, 0.15) is 5.69 Å². The fourth-order valence-corrected chi connectivity index (χ4v) is 4.99. The Bertz CT molecular complexity index is 1820. The SMILES string of the molecule is COc1cc(-c2nn(-c3cccc(C)c3)c(OC(C)=O)c2-c2ccc(NC(=O)c3ccccc3C)cc2)cc(OC)c1OC. The molecule has 0 aliphatic carbocycles. The maximum absolute atomic E-state index is 12.9. The van der Waals surface area contributed by atoms with Gasteiger partial charge in [0.25, 0.3) is 5.91 Å². The van der Waals surface area contributed by atoms with E-state index in [4.69, 9.17) is 24.0 Å². The summed E-state index contributed by atoms with van der Waals surface area (Å²) in [4.78, 5) is 25.4. The summed E-state index contributed by atoms with van der Waals surface area (Å²) in [6.45, 7) is 5.22. The molecule has 0 aliphatic heterocycles. The minimum atomic E-state index is -0.501. The van der Waals surface area contributed by atoms with Crippen molar-refractivity contribution in [2.24, 2.45) is 0 Å². The number of nitrogens with zero attached hydrogens (tertiary/aromatic N) is 2. The predicted molar refractivity (Wildman–Crippen MR) is 169 cm³/mol. The molecule has 0 spiro atoms. The number of aryl methyl sites for hydroxylation is 2. The summed E-state index contributed by atoms with van der Waals surface area (Å²) in [5.74, 6) is 0.860. The van der Waals surface area contributed by atoms with Crippen molar-refractivity contribution in [2.75, 3.05) is 26.6 Å². The van der Waals surface area contributed by atoms with Crippen molar-refractivity contribution in [3.63, 3.8) is 0 Å². The van der Waals surface area contributed by atoms with E-state index in [-0.39, 0.29) is 11.8 Å². The summed E-state index contributed by atoms with van der Waals surface area (Å²) in [6.07, 6.45) is 0. The van der Waals surface area contributed by atoms with Gasteiger partial charge in [0.05, 0.1) is 32.6 Å². The lowest BCUT2D eigenvalue weighted by Crippen LogP contribution is -2.13. The molecule has 5 rings (SSSR count).